The van der Waals surface area contributed by atoms with Crippen LogP contribution in [0.25, 0.3) is 10.7 Å². The monoisotopic (exact) mass is 413 g/mol. The first-order chi connectivity index (χ1) is 11.6. The van der Waals surface area contributed by atoms with Crippen LogP contribution in [0.2, 0.25) is 0 Å². The van der Waals surface area contributed by atoms with Crippen molar-refractivity contribution in [2.75, 3.05) is 6.54 Å². The molecule has 8 heteroatoms. The summed E-state index contributed by atoms with van der Waals surface area (Å²) in [7, 11) is 0. The molecule has 0 aliphatic heterocycles. The number of thiophene rings is 1. The predicted molar refractivity (Wildman–Crippen MR) is 94.6 cm³/mol. The topological polar surface area (TPSA) is 88.2 Å². The molecular formula is C16H20BrN3O3S. The molecule has 0 bridgehead atoms. The number of rotatable bonds is 7. The summed E-state index contributed by atoms with van der Waals surface area (Å²) in [6.45, 7) is 0.321. The zero-order chi connectivity index (χ0) is 16.9. The normalized spacial score (nSPS) is 16.4. The third kappa shape index (κ3) is 4.64. The maximum atomic E-state index is 11.9. The first-order valence-corrected chi connectivity index (χ1v) is 9.81. The van der Waals surface area contributed by atoms with E-state index in [2.05, 4.69) is 31.4 Å². The van der Waals surface area contributed by atoms with Crippen LogP contribution in [0.1, 0.15) is 38.0 Å². The summed E-state index contributed by atoms with van der Waals surface area (Å²) in [5.74, 6) is 1.21. The lowest BCUT2D eigenvalue weighted by molar-refractivity contribution is -0.121. The molecule has 0 aromatic carbocycles. The maximum Gasteiger partial charge on any atom is 0.227 e. The number of aromatic nitrogens is 2. The number of carbonyl (C=O) groups is 1. The van der Waals surface area contributed by atoms with E-state index >= 15 is 0 Å². The Bertz CT molecular complexity index is 682. The summed E-state index contributed by atoms with van der Waals surface area (Å²) in [5, 5.41) is 18.7. The van der Waals surface area contributed by atoms with Gasteiger partial charge in [0.2, 0.25) is 17.6 Å². The van der Waals surface area contributed by atoms with Crippen molar-refractivity contribution in [3.63, 3.8) is 0 Å². The first kappa shape index (κ1) is 17.6. The fourth-order valence-electron chi connectivity index (χ4n) is 2.92. The highest BCUT2D eigenvalue weighted by atomic mass is 79.9. The lowest BCUT2D eigenvalue weighted by Crippen LogP contribution is -2.35. The number of carbonyl (C=O) groups excluding carboxylic acids is 1. The van der Waals surface area contributed by atoms with Crippen LogP contribution < -0.4 is 5.32 Å². The van der Waals surface area contributed by atoms with Gasteiger partial charge in [0.25, 0.3) is 0 Å². The molecule has 1 amide bonds. The molecule has 2 aromatic heterocycles. The highest BCUT2D eigenvalue weighted by molar-refractivity contribution is 9.10. The summed E-state index contributed by atoms with van der Waals surface area (Å²) >= 11 is 4.91. The van der Waals surface area contributed by atoms with Gasteiger partial charge in [0.05, 0.1) is 11.0 Å². The molecule has 6 nitrogen and oxygen atoms in total. The number of nitrogens with one attached hydrogen (secondary N) is 1. The summed E-state index contributed by atoms with van der Waals surface area (Å²) in [6, 6.07) is 1.93. The van der Waals surface area contributed by atoms with Crippen LogP contribution in [0.5, 0.6) is 0 Å². The largest absolute Gasteiger partial charge is 0.391 e. The zero-order valence-corrected chi connectivity index (χ0v) is 15.6. The van der Waals surface area contributed by atoms with E-state index < -0.39 is 6.10 Å². The number of hydrogen-bond donors (Lipinski definition) is 2. The first-order valence-electron chi connectivity index (χ1n) is 8.13. The lowest BCUT2D eigenvalue weighted by Gasteiger charge is -2.17. The average Bonchev–Trinajstić information content (AvgIpc) is 3.30. The molecule has 0 spiro atoms. The van der Waals surface area contributed by atoms with Crippen molar-refractivity contribution >= 4 is 33.2 Å². The number of nitrogens with zero attached hydrogens (tertiary/aromatic N) is 2. The Morgan fingerprint density at radius 1 is 1.50 bits per heavy atom. The highest BCUT2D eigenvalue weighted by Crippen LogP contribution is 2.28. The number of hydrogen-bond acceptors (Lipinski definition) is 6. The van der Waals surface area contributed by atoms with E-state index in [-0.39, 0.29) is 12.3 Å². The van der Waals surface area contributed by atoms with Gasteiger partial charge in [-0.15, -0.1) is 11.3 Å². The summed E-state index contributed by atoms with van der Waals surface area (Å²) in [5.41, 5.74) is 0. The lowest BCUT2D eigenvalue weighted by atomic mass is 10.0. The minimum atomic E-state index is -0.441. The fourth-order valence-corrected chi connectivity index (χ4v) is 4.27. The van der Waals surface area contributed by atoms with Gasteiger partial charge in [-0.25, -0.2) is 0 Å². The van der Waals surface area contributed by atoms with Crippen molar-refractivity contribution < 1.29 is 14.4 Å². The van der Waals surface area contributed by atoms with E-state index in [1.54, 1.807) is 0 Å². The molecule has 130 valence electrons. The van der Waals surface area contributed by atoms with Gasteiger partial charge >= 0.3 is 0 Å². The zero-order valence-electron chi connectivity index (χ0n) is 13.2. The van der Waals surface area contributed by atoms with E-state index in [9.17, 15) is 9.90 Å². The Hall–Kier alpha value is -1.25. The van der Waals surface area contributed by atoms with Gasteiger partial charge in [0.1, 0.15) is 0 Å². The minimum absolute atomic E-state index is 0.106. The van der Waals surface area contributed by atoms with Crippen molar-refractivity contribution in [2.24, 2.45) is 5.92 Å². The van der Waals surface area contributed by atoms with E-state index in [4.69, 9.17) is 4.52 Å². The fraction of sp³-hybridized carbons (Fsp3) is 0.562. The second-order valence-corrected chi connectivity index (χ2v) is 7.88. The Morgan fingerprint density at radius 2 is 2.29 bits per heavy atom. The Morgan fingerprint density at radius 3 is 3.00 bits per heavy atom. The van der Waals surface area contributed by atoms with Crippen LogP contribution >= 0.6 is 27.3 Å². The molecule has 24 heavy (non-hydrogen) atoms. The van der Waals surface area contributed by atoms with E-state index in [0.29, 0.717) is 30.6 Å². The number of amides is 1. The van der Waals surface area contributed by atoms with Gasteiger partial charge in [0, 0.05) is 29.2 Å². The van der Waals surface area contributed by atoms with Crippen molar-refractivity contribution in [1.82, 2.24) is 15.5 Å². The maximum absolute atomic E-state index is 11.9. The van der Waals surface area contributed by atoms with E-state index in [0.717, 1.165) is 22.2 Å². The number of halogens is 1. The Balaban J connectivity index is 1.42. The van der Waals surface area contributed by atoms with Crippen LogP contribution in [-0.4, -0.2) is 33.8 Å². The molecule has 0 saturated heterocycles. The predicted octanol–water partition coefficient (Wildman–Crippen LogP) is 3.16. The molecule has 1 atom stereocenters. The van der Waals surface area contributed by atoms with E-state index in [1.807, 2.05) is 11.4 Å². The van der Waals surface area contributed by atoms with Crippen molar-refractivity contribution in [1.29, 1.82) is 0 Å². The molecule has 3 rings (SSSR count). The standard InChI is InChI=1S/C16H20BrN3O3S/c17-11-7-13(24-9-11)16-19-15(23-20-16)6-5-14(22)18-8-12(21)10-3-1-2-4-10/h7,9-10,12,21H,1-6,8H2,(H,18,22). The average molecular weight is 414 g/mol. The van der Waals surface area contributed by atoms with Gasteiger partial charge in [0.15, 0.2) is 0 Å². The SMILES string of the molecule is O=C(CCc1nc(-c2cc(Br)cs2)no1)NCC(O)C1CCCC1. The van der Waals surface area contributed by atoms with Gasteiger partial charge in [-0.05, 0) is 40.8 Å². The highest BCUT2D eigenvalue weighted by Gasteiger charge is 2.23. The van der Waals surface area contributed by atoms with Crippen LogP contribution in [-0.2, 0) is 11.2 Å². The van der Waals surface area contributed by atoms with Gasteiger partial charge in [-0.3, -0.25) is 4.79 Å². The molecule has 2 heterocycles. The third-order valence-electron chi connectivity index (χ3n) is 4.27. The number of aliphatic hydroxyl groups excluding tert-OH is 1. The molecule has 2 N–H and O–H groups in total. The second kappa shape index (κ2) is 8.22. The molecule has 1 saturated carbocycles. The molecule has 1 unspecified atom stereocenters. The summed E-state index contributed by atoms with van der Waals surface area (Å²) < 4.78 is 6.17. The molecular weight excluding hydrogens is 394 g/mol. The quantitative estimate of drug-likeness (QED) is 0.727. The van der Waals surface area contributed by atoms with Gasteiger partial charge in [-0.2, -0.15) is 4.98 Å². The number of aliphatic hydroxyl groups is 1. The minimum Gasteiger partial charge on any atom is -0.391 e. The molecule has 0 radical (unpaired) electrons. The molecule has 1 aliphatic rings. The Kier molecular flexibility index (Phi) is 6.02. The van der Waals surface area contributed by atoms with Crippen LogP contribution in [0.15, 0.2) is 20.4 Å². The van der Waals surface area contributed by atoms with E-state index in [1.165, 1.54) is 24.2 Å². The second-order valence-electron chi connectivity index (χ2n) is 6.06. The summed E-state index contributed by atoms with van der Waals surface area (Å²) in [4.78, 5) is 17.1. The number of aryl methyl sites for hydroxylation is 1. The van der Waals surface area contributed by atoms with Crippen molar-refractivity contribution in [3.8, 4) is 10.7 Å². The summed E-state index contributed by atoms with van der Waals surface area (Å²) in [6.07, 6.45) is 4.69. The molecule has 1 fully saturated rings. The molecule has 1 aliphatic carbocycles. The Labute approximate surface area is 152 Å². The van der Waals surface area contributed by atoms with Crippen LogP contribution in [0.3, 0.4) is 0 Å². The smallest absolute Gasteiger partial charge is 0.227 e. The van der Waals surface area contributed by atoms with Crippen molar-refractivity contribution in [2.45, 2.75) is 44.6 Å². The van der Waals surface area contributed by atoms with Crippen LogP contribution in [0.4, 0.5) is 0 Å². The van der Waals surface area contributed by atoms with Gasteiger partial charge in [-0.1, -0.05) is 18.0 Å². The van der Waals surface area contributed by atoms with Gasteiger partial charge < -0.3 is 14.9 Å². The van der Waals surface area contributed by atoms with Crippen molar-refractivity contribution in [3.05, 3.63) is 21.8 Å². The molecule has 2 aromatic rings. The third-order valence-corrected chi connectivity index (χ3v) is 5.96. The van der Waals surface area contributed by atoms with Crippen LogP contribution in [0, 0.1) is 5.92 Å².